The topological polar surface area (TPSA) is 106 Å². The van der Waals surface area contributed by atoms with Crippen LogP contribution in [0.2, 0.25) is 0 Å². The lowest BCUT2D eigenvalue weighted by Crippen LogP contribution is -2.56. The summed E-state index contributed by atoms with van der Waals surface area (Å²) < 4.78 is 11.3. The van der Waals surface area contributed by atoms with Crippen LogP contribution < -0.4 is 20.7 Å². The third-order valence-corrected chi connectivity index (χ3v) is 6.24. The van der Waals surface area contributed by atoms with E-state index in [2.05, 4.69) is 16.0 Å². The molecule has 3 amide bonds. The van der Waals surface area contributed by atoms with E-state index in [4.69, 9.17) is 9.47 Å². The Labute approximate surface area is 202 Å². The average Bonchev–Trinajstić information content (AvgIpc) is 2.99. The summed E-state index contributed by atoms with van der Waals surface area (Å²) in [7, 11) is 0. The zero-order valence-corrected chi connectivity index (χ0v) is 20.8. The van der Waals surface area contributed by atoms with E-state index < -0.39 is 17.2 Å². The number of carbonyl (C=O) groups is 3. The van der Waals surface area contributed by atoms with E-state index in [0.29, 0.717) is 38.8 Å². The van der Waals surface area contributed by atoms with Gasteiger partial charge in [0.15, 0.2) is 0 Å². The van der Waals surface area contributed by atoms with Crippen LogP contribution in [0.15, 0.2) is 18.2 Å². The number of ether oxygens (including phenoxy) is 2. The molecule has 0 unspecified atom stereocenters. The Kier molecular flexibility index (Phi) is 8.80. The number of hydrogen-bond donors (Lipinski definition) is 3. The number of hydrogen-bond acceptors (Lipinski definition) is 5. The standard InChI is InChI=1S/C26H39N3O5/c1-25(2,3)34-24(32)29-26(14-6-4-5-7-15-26)18-27-22(30)9-8-16-33-20-11-12-21-19(17-20)10-13-23(31)28-21/h11-12,17H,4-10,13-16,18H2,1-3H3,(H,27,30)(H,28,31)(H,29,32). The summed E-state index contributed by atoms with van der Waals surface area (Å²) in [5.41, 5.74) is 0.880. The molecule has 1 saturated carbocycles. The molecule has 8 nitrogen and oxygen atoms in total. The fourth-order valence-electron chi connectivity index (χ4n) is 4.50. The van der Waals surface area contributed by atoms with Gasteiger partial charge in [-0.15, -0.1) is 0 Å². The van der Waals surface area contributed by atoms with E-state index in [1.54, 1.807) is 0 Å². The number of alkyl carbamates (subject to hydrolysis) is 1. The molecule has 34 heavy (non-hydrogen) atoms. The van der Waals surface area contributed by atoms with Crippen LogP contribution in [0.5, 0.6) is 5.75 Å². The van der Waals surface area contributed by atoms with Crippen molar-refractivity contribution in [2.75, 3.05) is 18.5 Å². The van der Waals surface area contributed by atoms with Gasteiger partial charge in [0, 0.05) is 25.1 Å². The molecule has 1 aromatic carbocycles. The summed E-state index contributed by atoms with van der Waals surface area (Å²) in [5.74, 6) is 0.736. The lowest BCUT2D eigenvalue weighted by molar-refractivity contribution is -0.121. The third kappa shape index (κ3) is 8.22. The highest BCUT2D eigenvalue weighted by atomic mass is 16.6. The van der Waals surface area contributed by atoms with Crippen LogP contribution in [0.3, 0.4) is 0 Å². The molecule has 0 atom stereocenters. The third-order valence-electron chi connectivity index (χ3n) is 6.24. The zero-order chi connectivity index (χ0) is 24.6. The molecule has 188 valence electrons. The maximum absolute atomic E-state index is 12.5. The van der Waals surface area contributed by atoms with Crippen molar-refractivity contribution in [3.05, 3.63) is 23.8 Å². The molecule has 1 aliphatic carbocycles. The summed E-state index contributed by atoms with van der Waals surface area (Å²) in [4.78, 5) is 36.4. The average molecular weight is 474 g/mol. The van der Waals surface area contributed by atoms with Crippen LogP contribution in [0.4, 0.5) is 10.5 Å². The van der Waals surface area contributed by atoms with E-state index in [0.717, 1.165) is 55.5 Å². The van der Waals surface area contributed by atoms with E-state index in [9.17, 15) is 14.4 Å². The van der Waals surface area contributed by atoms with Crippen LogP contribution in [-0.2, 0) is 20.7 Å². The van der Waals surface area contributed by atoms with E-state index >= 15 is 0 Å². The second kappa shape index (κ2) is 11.6. The molecule has 1 aromatic rings. The van der Waals surface area contributed by atoms with Crippen molar-refractivity contribution in [3.63, 3.8) is 0 Å². The van der Waals surface area contributed by atoms with Gasteiger partial charge < -0.3 is 25.4 Å². The maximum Gasteiger partial charge on any atom is 0.408 e. The number of aryl methyl sites for hydroxylation is 1. The maximum atomic E-state index is 12.5. The number of benzene rings is 1. The second-order valence-corrected chi connectivity index (χ2v) is 10.4. The Hall–Kier alpha value is -2.77. The molecule has 1 fully saturated rings. The van der Waals surface area contributed by atoms with Crippen molar-refractivity contribution in [2.24, 2.45) is 0 Å². The first-order chi connectivity index (χ1) is 16.1. The smallest absolute Gasteiger partial charge is 0.408 e. The number of fused-ring (bicyclic) bond motifs is 1. The van der Waals surface area contributed by atoms with Crippen LogP contribution in [0.1, 0.15) is 84.1 Å². The Balaban J connectivity index is 1.43. The summed E-state index contributed by atoms with van der Waals surface area (Å²) in [6, 6.07) is 5.65. The molecular weight excluding hydrogens is 434 g/mol. The predicted molar refractivity (Wildman–Crippen MR) is 131 cm³/mol. The first kappa shape index (κ1) is 25.8. The highest BCUT2D eigenvalue weighted by Crippen LogP contribution is 2.28. The van der Waals surface area contributed by atoms with E-state index in [1.807, 2.05) is 39.0 Å². The Morgan fingerprint density at radius 2 is 1.82 bits per heavy atom. The molecule has 0 radical (unpaired) electrons. The van der Waals surface area contributed by atoms with Gasteiger partial charge in [0.05, 0.1) is 12.1 Å². The van der Waals surface area contributed by atoms with Gasteiger partial charge in [-0.25, -0.2) is 4.79 Å². The molecule has 1 heterocycles. The monoisotopic (exact) mass is 473 g/mol. The summed E-state index contributed by atoms with van der Waals surface area (Å²) in [6.07, 6.45) is 7.67. The summed E-state index contributed by atoms with van der Waals surface area (Å²) in [5, 5.41) is 8.96. The molecule has 0 saturated heterocycles. The molecular formula is C26H39N3O5. The number of rotatable bonds is 8. The van der Waals surface area contributed by atoms with Gasteiger partial charge >= 0.3 is 6.09 Å². The van der Waals surface area contributed by atoms with Crippen LogP contribution in [0.25, 0.3) is 0 Å². The molecule has 8 heteroatoms. The van der Waals surface area contributed by atoms with Gasteiger partial charge in [-0.3, -0.25) is 9.59 Å². The highest BCUT2D eigenvalue weighted by Gasteiger charge is 2.34. The van der Waals surface area contributed by atoms with E-state index in [-0.39, 0.29) is 11.8 Å². The highest BCUT2D eigenvalue weighted by molar-refractivity contribution is 5.94. The molecule has 0 spiro atoms. The minimum Gasteiger partial charge on any atom is -0.494 e. The lowest BCUT2D eigenvalue weighted by Gasteiger charge is -2.35. The fraction of sp³-hybridized carbons (Fsp3) is 0.654. The van der Waals surface area contributed by atoms with Gasteiger partial charge in [0.25, 0.3) is 0 Å². The van der Waals surface area contributed by atoms with Crippen molar-refractivity contribution in [1.29, 1.82) is 0 Å². The normalized spacial score (nSPS) is 17.6. The van der Waals surface area contributed by atoms with Crippen LogP contribution >= 0.6 is 0 Å². The molecule has 2 aliphatic rings. The minimum absolute atomic E-state index is 0.0408. The van der Waals surface area contributed by atoms with Crippen molar-refractivity contribution >= 4 is 23.6 Å². The Morgan fingerprint density at radius 3 is 2.53 bits per heavy atom. The van der Waals surface area contributed by atoms with Crippen molar-refractivity contribution in [1.82, 2.24) is 10.6 Å². The summed E-state index contributed by atoms with van der Waals surface area (Å²) >= 11 is 0. The number of nitrogens with one attached hydrogen (secondary N) is 3. The number of amides is 3. The molecule has 0 bridgehead atoms. The predicted octanol–water partition coefficient (Wildman–Crippen LogP) is 4.46. The summed E-state index contributed by atoms with van der Waals surface area (Å²) in [6.45, 7) is 6.37. The largest absolute Gasteiger partial charge is 0.494 e. The van der Waals surface area contributed by atoms with E-state index in [1.165, 1.54) is 0 Å². The Morgan fingerprint density at radius 1 is 1.09 bits per heavy atom. The van der Waals surface area contributed by atoms with Gasteiger partial charge in [0.1, 0.15) is 11.4 Å². The van der Waals surface area contributed by atoms with Crippen LogP contribution in [-0.4, -0.2) is 42.2 Å². The van der Waals surface area contributed by atoms with Crippen molar-refractivity contribution < 1.29 is 23.9 Å². The van der Waals surface area contributed by atoms with Crippen molar-refractivity contribution in [3.8, 4) is 5.75 Å². The first-order valence-corrected chi connectivity index (χ1v) is 12.5. The molecule has 3 rings (SSSR count). The zero-order valence-electron chi connectivity index (χ0n) is 20.8. The molecule has 1 aliphatic heterocycles. The quantitative estimate of drug-likeness (QED) is 0.382. The fourth-order valence-corrected chi connectivity index (χ4v) is 4.50. The van der Waals surface area contributed by atoms with Gasteiger partial charge in [0.2, 0.25) is 11.8 Å². The number of anilines is 1. The Bertz CT molecular complexity index is 870. The second-order valence-electron chi connectivity index (χ2n) is 10.4. The molecule has 0 aromatic heterocycles. The first-order valence-electron chi connectivity index (χ1n) is 12.5. The lowest BCUT2D eigenvalue weighted by atomic mass is 9.90. The minimum atomic E-state index is -0.564. The van der Waals surface area contributed by atoms with Gasteiger partial charge in [-0.1, -0.05) is 25.7 Å². The van der Waals surface area contributed by atoms with Gasteiger partial charge in [-0.05, 0) is 70.2 Å². The SMILES string of the molecule is CC(C)(C)OC(=O)NC1(CNC(=O)CCCOc2ccc3c(c2)CCC(=O)N3)CCCCCC1. The van der Waals surface area contributed by atoms with Crippen LogP contribution in [0, 0.1) is 0 Å². The van der Waals surface area contributed by atoms with Crippen molar-refractivity contribution in [2.45, 2.75) is 96.1 Å². The van der Waals surface area contributed by atoms with Gasteiger partial charge in [-0.2, -0.15) is 0 Å². The molecule has 3 N–H and O–H groups in total. The number of carbonyl (C=O) groups excluding carboxylic acids is 3.